The SMILES string of the molecule is CCC(=O)/C=N/Nc1ccc(Cl)cc1. The first-order valence-corrected chi connectivity index (χ1v) is 4.67. The van der Waals surface area contributed by atoms with Crippen LogP contribution in [0.5, 0.6) is 0 Å². The fourth-order valence-electron chi connectivity index (χ4n) is 0.795. The highest BCUT2D eigenvalue weighted by Crippen LogP contribution is 2.12. The second-order valence-corrected chi connectivity index (χ2v) is 3.13. The Balaban J connectivity index is 2.49. The second-order valence-electron chi connectivity index (χ2n) is 2.70. The molecule has 0 saturated carbocycles. The number of nitrogens with one attached hydrogen (secondary N) is 1. The van der Waals surface area contributed by atoms with Gasteiger partial charge in [-0.3, -0.25) is 10.2 Å². The van der Waals surface area contributed by atoms with Crippen LogP contribution in [-0.4, -0.2) is 12.0 Å². The zero-order valence-electron chi connectivity index (χ0n) is 7.83. The lowest BCUT2D eigenvalue weighted by atomic mass is 10.3. The lowest BCUT2D eigenvalue weighted by Gasteiger charge is -1.98. The first-order chi connectivity index (χ1) is 6.72. The number of benzene rings is 1. The third kappa shape index (κ3) is 3.58. The summed E-state index contributed by atoms with van der Waals surface area (Å²) in [6.45, 7) is 1.79. The van der Waals surface area contributed by atoms with E-state index in [1.165, 1.54) is 6.21 Å². The normalized spacial score (nSPS) is 10.4. The molecule has 0 bridgehead atoms. The van der Waals surface area contributed by atoms with Crippen molar-refractivity contribution < 1.29 is 4.79 Å². The molecule has 1 rings (SSSR count). The van der Waals surface area contributed by atoms with Gasteiger partial charge < -0.3 is 0 Å². The first-order valence-electron chi connectivity index (χ1n) is 4.30. The van der Waals surface area contributed by atoms with E-state index < -0.39 is 0 Å². The van der Waals surface area contributed by atoms with Crippen molar-refractivity contribution in [3.05, 3.63) is 29.3 Å². The minimum atomic E-state index is -0.00790. The van der Waals surface area contributed by atoms with E-state index >= 15 is 0 Å². The Morgan fingerprint density at radius 3 is 2.71 bits per heavy atom. The number of nitrogens with zero attached hydrogens (tertiary/aromatic N) is 1. The molecule has 1 aromatic rings. The molecular weight excluding hydrogens is 200 g/mol. The van der Waals surface area contributed by atoms with Crippen LogP contribution in [0.25, 0.3) is 0 Å². The van der Waals surface area contributed by atoms with Gasteiger partial charge in [-0.05, 0) is 24.3 Å². The molecule has 4 heteroatoms. The quantitative estimate of drug-likeness (QED) is 0.613. The Morgan fingerprint density at radius 1 is 1.50 bits per heavy atom. The fraction of sp³-hybridized carbons (Fsp3) is 0.200. The van der Waals surface area contributed by atoms with Crippen LogP contribution in [0.4, 0.5) is 5.69 Å². The Bertz CT molecular complexity index is 332. The average Bonchev–Trinajstić information content (AvgIpc) is 2.21. The Labute approximate surface area is 87.8 Å². The summed E-state index contributed by atoms with van der Waals surface area (Å²) in [5, 5.41) is 4.44. The molecule has 0 aliphatic rings. The highest BCUT2D eigenvalue weighted by atomic mass is 35.5. The first kappa shape index (κ1) is 10.7. The van der Waals surface area contributed by atoms with Crippen LogP contribution >= 0.6 is 11.6 Å². The lowest BCUT2D eigenvalue weighted by molar-refractivity contribution is -0.112. The molecule has 1 aromatic carbocycles. The van der Waals surface area contributed by atoms with Crippen molar-refractivity contribution in [3.63, 3.8) is 0 Å². The Hall–Kier alpha value is -1.35. The predicted molar refractivity (Wildman–Crippen MR) is 58.9 cm³/mol. The maximum Gasteiger partial charge on any atom is 0.175 e. The standard InChI is InChI=1S/C10H11ClN2O/c1-2-10(14)7-12-13-9-5-3-8(11)4-6-9/h3-7,13H,2H2,1H3/b12-7+. The monoisotopic (exact) mass is 210 g/mol. The summed E-state index contributed by atoms with van der Waals surface area (Å²) >= 11 is 5.70. The van der Waals surface area contributed by atoms with E-state index in [4.69, 9.17) is 11.6 Å². The van der Waals surface area contributed by atoms with E-state index in [0.29, 0.717) is 11.4 Å². The van der Waals surface area contributed by atoms with Crippen molar-refractivity contribution >= 4 is 29.3 Å². The summed E-state index contributed by atoms with van der Waals surface area (Å²) in [5.41, 5.74) is 3.53. The van der Waals surface area contributed by atoms with Crippen molar-refractivity contribution in [3.8, 4) is 0 Å². The molecule has 0 aliphatic carbocycles. The van der Waals surface area contributed by atoms with Gasteiger partial charge >= 0.3 is 0 Å². The summed E-state index contributed by atoms with van der Waals surface area (Å²) in [6.07, 6.45) is 1.74. The number of hydrogen-bond acceptors (Lipinski definition) is 3. The van der Waals surface area contributed by atoms with Gasteiger partial charge in [-0.25, -0.2) is 0 Å². The summed E-state index contributed by atoms with van der Waals surface area (Å²) in [4.78, 5) is 10.8. The molecule has 0 unspecified atom stereocenters. The second kappa shape index (κ2) is 5.40. The van der Waals surface area contributed by atoms with Crippen LogP contribution in [0.2, 0.25) is 5.02 Å². The summed E-state index contributed by atoms with van der Waals surface area (Å²) in [6, 6.07) is 7.08. The zero-order chi connectivity index (χ0) is 10.4. The average molecular weight is 211 g/mol. The van der Waals surface area contributed by atoms with E-state index in [-0.39, 0.29) is 5.78 Å². The molecule has 0 spiro atoms. The molecule has 0 fully saturated rings. The largest absolute Gasteiger partial charge is 0.293 e. The van der Waals surface area contributed by atoms with Crippen molar-refractivity contribution in [1.82, 2.24) is 0 Å². The molecule has 1 N–H and O–H groups in total. The van der Waals surface area contributed by atoms with Gasteiger partial charge in [0.05, 0.1) is 11.9 Å². The van der Waals surface area contributed by atoms with Crippen molar-refractivity contribution in [2.24, 2.45) is 5.10 Å². The molecule has 0 radical (unpaired) electrons. The number of hydrazone groups is 1. The smallest absolute Gasteiger partial charge is 0.175 e. The Kier molecular flexibility index (Phi) is 4.13. The van der Waals surface area contributed by atoms with Gasteiger partial charge in [0.15, 0.2) is 5.78 Å². The van der Waals surface area contributed by atoms with Gasteiger partial charge in [-0.2, -0.15) is 5.10 Å². The number of Topliss-reactive ketones (excluding diaryl/α,β-unsaturated/α-hetero) is 1. The molecule has 0 aromatic heterocycles. The number of ketones is 1. The van der Waals surface area contributed by atoms with Crippen LogP contribution in [0.1, 0.15) is 13.3 Å². The topological polar surface area (TPSA) is 41.5 Å². The number of carbonyl (C=O) groups is 1. The molecule has 14 heavy (non-hydrogen) atoms. The summed E-state index contributed by atoms with van der Waals surface area (Å²) < 4.78 is 0. The summed E-state index contributed by atoms with van der Waals surface area (Å²) in [7, 11) is 0. The van der Waals surface area contributed by atoms with E-state index in [0.717, 1.165) is 5.69 Å². The third-order valence-corrected chi connectivity index (χ3v) is 1.85. The van der Waals surface area contributed by atoms with Crippen LogP contribution < -0.4 is 5.43 Å². The van der Waals surface area contributed by atoms with Gasteiger partial charge in [0.25, 0.3) is 0 Å². The lowest BCUT2D eigenvalue weighted by Crippen LogP contribution is -1.98. The third-order valence-electron chi connectivity index (χ3n) is 1.59. The van der Waals surface area contributed by atoms with Crippen molar-refractivity contribution in [2.75, 3.05) is 5.43 Å². The fourth-order valence-corrected chi connectivity index (χ4v) is 0.921. The van der Waals surface area contributed by atoms with Crippen LogP contribution in [-0.2, 0) is 4.79 Å². The van der Waals surface area contributed by atoms with Gasteiger partial charge in [0.1, 0.15) is 0 Å². The molecular formula is C10H11ClN2O. The number of rotatable bonds is 4. The molecule has 0 aliphatic heterocycles. The van der Waals surface area contributed by atoms with E-state index in [1.807, 2.05) is 0 Å². The van der Waals surface area contributed by atoms with E-state index in [1.54, 1.807) is 31.2 Å². The van der Waals surface area contributed by atoms with Crippen molar-refractivity contribution in [2.45, 2.75) is 13.3 Å². The molecule has 0 amide bonds. The molecule has 74 valence electrons. The van der Waals surface area contributed by atoms with E-state index in [9.17, 15) is 4.79 Å². The minimum absolute atomic E-state index is 0.00790. The van der Waals surface area contributed by atoms with Crippen LogP contribution in [0.3, 0.4) is 0 Å². The summed E-state index contributed by atoms with van der Waals surface area (Å²) in [5.74, 6) is -0.00790. The Morgan fingerprint density at radius 2 is 2.14 bits per heavy atom. The van der Waals surface area contributed by atoms with Crippen molar-refractivity contribution in [1.29, 1.82) is 0 Å². The molecule has 0 saturated heterocycles. The highest BCUT2D eigenvalue weighted by molar-refractivity contribution is 6.30. The molecule has 0 atom stereocenters. The molecule has 3 nitrogen and oxygen atoms in total. The zero-order valence-corrected chi connectivity index (χ0v) is 8.58. The van der Waals surface area contributed by atoms with E-state index in [2.05, 4.69) is 10.5 Å². The number of hydrogen-bond donors (Lipinski definition) is 1. The van der Waals surface area contributed by atoms with Crippen LogP contribution in [0, 0.1) is 0 Å². The number of carbonyl (C=O) groups excluding carboxylic acids is 1. The minimum Gasteiger partial charge on any atom is -0.293 e. The number of anilines is 1. The van der Waals surface area contributed by atoms with Crippen LogP contribution in [0.15, 0.2) is 29.4 Å². The van der Waals surface area contributed by atoms with Gasteiger partial charge in [-0.15, -0.1) is 0 Å². The highest BCUT2D eigenvalue weighted by Gasteiger charge is 1.91. The van der Waals surface area contributed by atoms with Gasteiger partial charge in [0.2, 0.25) is 0 Å². The predicted octanol–water partition coefficient (Wildman–Crippen LogP) is 2.72. The molecule has 0 heterocycles. The van der Waals surface area contributed by atoms with Gasteiger partial charge in [-0.1, -0.05) is 18.5 Å². The maximum absolute atomic E-state index is 10.8. The maximum atomic E-state index is 10.8. The van der Waals surface area contributed by atoms with Gasteiger partial charge in [0, 0.05) is 11.4 Å². The number of halogens is 1.